The first kappa shape index (κ1) is 37.9. The maximum Gasteiger partial charge on any atom is 0.132 e. The van der Waals surface area contributed by atoms with Crippen molar-refractivity contribution in [2.45, 2.75) is 110 Å². The van der Waals surface area contributed by atoms with Crippen molar-refractivity contribution in [1.82, 2.24) is 19.9 Å². The summed E-state index contributed by atoms with van der Waals surface area (Å²) in [7, 11) is 0. The monoisotopic (exact) mass is 762 g/mol. The van der Waals surface area contributed by atoms with Crippen LogP contribution in [-0.2, 0) is 27.1 Å². The molecule has 0 fully saturated rings. The fourth-order valence-corrected chi connectivity index (χ4v) is 8.93. The second-order valence-corrected chi connectivity index (χ2v) is 20.5. The third-order valence-corrected chi connectivity index (χ3v) is 12.2. The predicted molar refractivity (Wildman–Crippen MR) is 241 cm³/mol. The Morgan fingerprint density at radius 3 is 1.22 bits per heavy atom. The van der Waals surface area contributed by atoms with Crippen molar-refractivity contribution < 1.29 is 4.74 Å². The average Bonchev–Trinajstić information content (AvgIpc) is 3.17. The van der Waals surface area contributed by atoms with E-state index < -0.39 is 5.41 Å². The molecule has 8 aromatic rings. The SMILES string of the molecule is CC(C)(C)c1ccc2c(c1)C(c1ccc3cnc4c(C(C)(C)C)cccc4c3n1)(c1ccc3cnc4c(C(C)(C)C)cccc4c3n1)c1cc(C(C)(C)C)ccc1O2. The van der Waals surface area contributed by atoms with Crippen LogP contribution in [0.1, 0.15) is 128 Å². The minimum Gasteiger partial charge on any atom is -0.457 e. The lowest BCUT2D eigenvalue weighted by molar-refractivity contribution is 0.427. The molecule has 4 aromatic heterocycles. The van der Waals surface area contributed by atoms with Crippen molar-refractivity contribution in [3.63, 3.8) is 0 Å². The summed E-state index contributed by atoms with van der Waals surface area (Å²) in [5.74, 6) is 1.61. The molecule has 5 heterocycles. The summed E-state index contributed by atoms with van der Waals surface area (Å²) in [6.07, 6.45) is 3.97. The molecule has 0 bridgehead atoms. The molecule has 0 saturated carbocycles. The van der Waals surface area contributed by atoms with Gasteiger partial charge in [-0.05, 0) is 92.4 Å². The number of rotatable bonds is 2. The number of hydrogen-bond donors (Lipinski definition) is 0. The maximum atomic E-state index is 6.96. The highest BCUT2D eigenvalue weighted by Crippen LogP contribution is 2.56. The summed E-state index contributed by atoms with van der Waals surface area (Å²) in [5, 5.41) is 4.07. The van der Waals surface area contributed by atoms with E-state index in [1.807, 2.05) is 12.4 Å². The molecule has 5 heteroatoms. The number of para-hydroxylation sites is 2. The van der Waals surface area contributed by atoms with Crippen molar-refractivity contribution in [2.24, 2.45) is 0 Å². The van der Waals surface area contributed by atoms with Gasteiger partial charge in [-0.2, -0.15) is 0 Å². The van der Waals surface area contributed by atoms with Crippen LogP contribution in [0.4, 0.5) is 0 Å². The Bertz CT molecular complexity index is 2770. The van der Waals surface area contributed by atoms with Crippen LogP contribution in [0.2, 0.25) is 0 Å². The molecule has 9 rings (SSSR count). The molecular weight excluding hydrogens is 709 g/mol. The smallest absolute Gasteiger partial charge is 0.132 e. The average molecular weight is 763 g/mol. The molecule has 0 spiro atoms. The fraction of sp³-hybridized carbons (Fsp3) is 0.321. The van der Waals surface area contributed by atoms with Gasteiger partial charge in [0.15, 0.2) is 0 Å². The summed E-state index contributed by atoms with van der Waals surface area (Å²) in [4.78, 5) is 21.7. The van der Waals surface area contributed by atoms with Crippen LogP contribution in [0, 0.1) is 0 Å². The zero-order valence-corrected chi connectivity index (χ0v) is 36.1. The number of hydrogen-bond acceptors (Lipinski definition) is 5. The van der Waals surface area contributed by atoms with Gasteiger partial charge in [0.2, 0.25) is 0 Å². The molecule has 0 atom stereocenters. The van der Waals surface area contributed by atoms with Crippen LogP contribution >= 0.6 is 0 Å². The van der Waals surface area contributed by atoms with Gasteiger partial charge in [0.05, 0.1) is 33.5 Å². The van der Waals surface area contributed by atoms with Crippen LogP contribution in [0.15, 0.2) is 109 Å². The molecule has 4 aromatic carbocycles. The van der Waals surface area contributed by atoms with Crippen molar-refractivity contribution in [3.8, 4) is 11.5 Å². The largest absolute Gasteiger partial charge is 0.457 e. The molecule has 0 aliphatic carbocycles. The van der Waals surface area contributed by atoms with Gasteiger partial charge in [-0.3, -0.25) is 19.9 Å². The van der Waals surface area contributed by atoms with Gasteiger partial charge >= 0.3 is 0 Å². The summed E-state index contributed by atoms with van der Waals surface area (Å²) < 4.78 is 6.96. The zero-order valence-electron chi connectivity index (χ0n) is 36.1. The highest BCUT2D eigenvalue weighted by Gasteiger charge is 2.49. The first-order valence-corrected chi connectivity index (χ1v) is 20.6. The first-order chi connectivity index (χ1) is 27.3. The zero-order chi connectivity index (χ0) is 41.2. The Morgan fingerprint density at radius 1 is 0.431 bits per heavy atom. The second-order valence-electron chi connectivity index (χ2n) is 20.5. The molecular formula is C53H54N4O. The van der Waals surface area contributed by atoms with E-state index >= 15 is 0 Å². The lowest BCUT2D eigenvalue weighted by atomic mass is 9.65. The summed E-state index contributed by atoms with van der Waals surface area (Å²) >= 11 is 0. The minimum absolute atomic E-state index is 0.0934. The number of fused-ring (bicyclic) bond motifs is 8. The Balaban J connectivity index is 1.48. The maximum absolute atomic E-state index is 6.96. The lowest BCUT2D eigenvalue weighted by Crippen LogP contribution is -2.37. The fourth-order valence-electron chi connectivity index (χ4n) is 8.93. The van der Waals surface area contributed by atoms with E-state index in [9.17, 15) is 0 Å². The molecule has 0 N–H and O–H groups in total. The van der Waals surface area contributed by atoms with Crippen molar-refractivity contribution in [1.29, 1.82) is 0 Å². The normalized spacial score (nSPS) is 14.5. The Morgan fingerprint density at radius 2 is 0.845 bits per heavy atom. The number of aromatic nitrogens is 4. The summed E-state index contributed by atoms with van der Waals surface area (Å²) in [6, 6.07) is 35.2. The van der Waals surface area contributed by atoms with Crippen molar-refractivity contribution in [2.75, 3.05) is 0 Å². The number of benzene rings is 4. The van der Waals surface area contributed by atoms with E-state index in [0.717, 1.165) is 77.6 Å². The van der Waals surface area contributed by atoms with E-state index in [0.29, 0.717) is 0 Å². The van der Waals surface area contributed by atoms with Gasteiger partial charge in [-0.15, -0.1) is 0 Å². The molecule has 0 saturated heterocycles. The molecule has 1 aliphatic rings. The Kier molecular flexibility index (Phi) is 8.27. The van der Waals surface area contributed by atoms with E-state index in [4.69, 9.17) is 24.7 Å². The number of ether oxygens (including phenoxy) is 1. The van der Waals surface area contributed by atoms with E-state index in [2.05, 4.69) is 180 Å². The number of nitrogens with zero attached hydrogens (tertiary/aromatic N) is 4. The molecule has 292 valence electrons. The van der Waals surface area contributed by atoms with Crippen LogP contribution in [0.3, 0.4) is 0 Å². The standard InChI is InChI=1S/C53H54N4O/c1-49(2,3)33-21-23-41-39(27-33)53(40-28-34(50(4,5)6)22-24-42(40)58-41,43-25-19-31-29-54-47-35(45(31)56-43)15-13-17-37(47)51(7,8)9)44-26-20-32-30-55-48-36(46(32)57-44)16-14-18-38(48)52(10,11)12/h13-30H,1-12H3. The van der Waals surface area contributed by atoms with Crippen LogP contribution < -0.4 is 4.74 Å². The second kappa shape index (κ2) is 12.7. The van der Waals surface area contributed by atoms with Gasteiger partial charge in [-0.1, -0.05) is 132 Å². The van der Waals surface area contributed by atoms with Crippen LogP contribution in [-0.4, -0.2) is 19.9 Å². The number of pyridine rings is 4. The third kappa shape index (κ3) is 5.88. The predicted octanol–water partition coefficient (Wildman–Crippen LogP) is 13.6. The van der Waals surface area contributed by atoms with Gasteiger partial charge in [0.1, 0.15) is 16.9 Å². The van der Waals surface area contributed by atoms with Gasteiger partial charge in [-0.25, -0.2) is 0 Å². The van der Waals surface area contributed by atoms with Gasteiger partial charge < -0.3 is 4.74 Å². The van der Waals surface area contributed by atoms with E-state index in [1.54, 1.807) is 0 Å². The molecule has 1 aliphatic heterocycles. The van der Waals surface area contributed by atoms with E-state index in [-0.39, 0.29) is 21.7 Å². The molecule has 0 radical (unpaired) electrons. The Labute approximate surface area is 343 Å². The topological polar surface area (TPSA) is 60.8 Å². The van der Waals surface area contributed by atoms with Gasteiger partial charge in [0.25, 0.3) is 0 Å². The van der Waals surface area contributed by atoms with Crippen LogP contribution in [0.5, 0.6) is 11.5 Å². The third-order valence-electron chi connectivity index (χ3n) is 12.2. The highest BCUT2D eigenvalue weighted by atomic mass is 16.5. The van der Waals surface area contributed by atoms with Gasteiger partial charge in [0, 0.05) is 45.1 Å². The highest BCUT2D eigenvalue weighted by molar-refractivity contribution is 6.05. The molecule has 58 heavy (non-hydrogen) atoms. The summed E-state index contributed by atoms with van der Waals surface area (Å²) in [6.45, 7) is 27.1. The van der Waals surface area contributed by atoms with Crippen LogP contribution in [0.25, 0.3) is 43.6 Å². The van der Waals surface area contributed by atoms with E-state index in [1.165, 1.54) is 22.3 Å². The van der Waals surface area contributed by atoms with Crippen molar-refractivity contribution >= 4 is 43.6 Å². The van der Waals surface area contributed by atoms with Crippen molar-refractivity contribution in [3.05, 3.63) is 154 Å². The Hall–Kier alpha value is -5.68. The molecule has 5 nitrogen and oxygen atoms in total. The minimum atomic E-state index is -0.970. The summed E-state index contributed by atoms with van der Waals surface area (Å²) in [5.41, 5.74) is 11.1. The quantitative estimate of drug-likeness (QED) is 0.164. The molecule has 0 amide bonds. The lowest BCUT2D eigenvalue weighted by Gasteiger charge is -2.41. The molecule has 0 unspecified atom stereocenters. The first-order valence-electron chi connectivity index (χ1n) is 20.6.